The summed E-state index contributed by atoms with van der Waals surface area (Å²) >= 11 is 0. The fourth-order valence-electron chi connectivity index (χ4n) is 4.26. The summed E-state index contributed by atoms with van der Waals surface area (Å²) in [5.41, 5.74) is 10.0. The number of carbonyl (C=O) groups excluding carboxylic acids is 2. The molecule has 36 heavy (non-hydrogen) atoms. The van der Waals surface area contributed by atoms with Crippen molar-refractivity contribution in [2.24, 2.45) is 0 Å². The molecule has 0 bridgehead atoms. The van der Waals surface area contributed by atoms with Crippen LogP contribution in [0.4, 0.5) is 17.1 Å². The average molecular weight is 468 g/mol. The number of hydrogen-bond acceptors (Lipinski definition) is 3. The van der Waals surface area contributed by atoms with Crippen LogP contribution in [0.25, 0.3) is 22.3 Å². The van der Waals surface area contributed by atoms with Crippen LogP contribution in [0.5, 0.6) is 0 Å². The van der Waals surface area contributed by atoms with Gasteiger partial charge < -0.3 is 4.90 Å². The van der Waals surface area contributed by atoms with Crippen molar-refractivity contribution in [3.63, 3.8) is 0 Å². The molecule has 0 atom stereocenters. The third-order valence-corrected chi connectivity index (χ3v) is 6.30. The number of aryl methyl sites for hydroxylation is 1. The van der Waals surface area contributed by atoms with E-state index in [1.54, 1.807) is 0 Å². The molecule has 3 nitrogen and oxygen atoms in total. The van der Waals surface area contributed by atoms with Gasteiger partial charge in [-0.25, -0.2) is 0 Å². The van der Waals surface area contributed by atoms with E-state index in [1.807, 2.05) is 48.5 Å². The van der Waals surface area contributed by atoms with Crippen LogP contribution in [0.15, 0.2) is 121 Å². The molecule has 0 amide bonds. The lowest BCUT2D eigenvalue weighted by Gasteiger charge is -2.26. The molecular formula is C33H25NO2. The minimum absolute atomic E-state index is 0.670. The zero-order valence-electron chi connectivity index (χ0n) is 20.0. The van der Waals surface area contributed by atoms with Gasteiger partial charge in [0.25, 0.3) is 0 Å². The largest absolute Gasteiger partial charge is 0.311 e. The Bertz CT molecular complexity index is 1370. The van der Waals surface area contributed by atoms with Gasteiger partial charge in [-0.15, -0.1) is 0 Å². The molecule has 0 saturated heterocycles. The van der Waals surface area contributed by atoms with Gasteiger partial charge in [0.15, 0.2) is 0 Å². The Labute approximate surface area is 211 Å². The van der Waals surface area contributed by atoms with Crippen molar-refractivity contribution >= 4 is 29.6 Å². The molecule has 0 fully saturated rings. The second-order valence-electron chi connectivity index (χ2n) is 8.74. The van der Waals surface area contributed by atoms with Crippen molar-refractivity contribution in [2.75, 3.05) is 4.90 Å². The molecule has 0 spiro atoms. The number of carbonyl (C=O) groups is 2. The molecule has 0 radical (unpaired) electrons. The number of anilines is 3. The number of aldehydes is 2. The molecule has 3 heteroatoms. The van der Waals surface area contributed by atoms with Crippen LogP contribution in [0, 0.1) is 6.92 Å². The third-order valence-electron chi connectivity index (χ3n) is 6.30. The van der Waals surface area contributed by atoms with Crippen LogP contribution in [0.1, 0.15) is 26.3 Å². The first-order chi connectivity index (χ1) is 17.6. The van der Waals surface area contributed by atoms with Crippen LogP contribution < -0.4 is 4.90 Å². The SMILES string of the molecule is Cc1ccc(N(c2ccc(-c3ccc(C=O)cc3)cc2)c2ccc(-c3ccc(C=O)cc3)cc2)cc1. The maximum absolute atomic E-state index is 11.0. The van der Waals surface area contributed by atoms with E-state index in [9.17, 15) is 9.59 Å². The minimum Gasteiger partial charge on any atom is -0.311 e. The van der Waals surface area contributed by atoms with Crippen molar-refractivity contribution in [3.05, 3.63) is 138 Å². The van der Waals surface area contributed by atoms with Crippen LogP contribution in [0.2, 0.25) is 0 Å². The number of hydrogen-bond donors (Lipinski definition) is 0. The van der Waals surface area contributed by atoms with E-state index in [0.29, 0.717) is 11.1 Å². The topological polar surface area (TPSA) is 37.4 Å². The van der Waals surface area contributed by atoms with E-state index >= 15 is 0 Å². The number of benzene rings is 5. The highest BCUT2D eigenvalue weighted by atomic mass is 16.1. The summed E-state index contributed by atoms with van der Waals surface area (Å²) in [7, 11) is 0. The monoisotopic (exact) mass is 467 g/mol. The molecule has 0 unspecified atom stereocenters. The second-order valence-corrected chi connectivity index (χ2v) is 8.74. The van der Waals surface area contributed by atoms with Crippen LogP contribution in [-0.4, -0.2) is 12.6 Å². The summed E-state index contributed by atoms with van der Waals surface area (Å²) in [6.45, 7) is 2.09. The van der Waals surface area contributed by atoms with Gasteiger partial charge in [0.2, 0.25) is 0 Å². The lowest BCUT2D eigenvalue weighted by molar-refractivity contribution is 0.111. The quantitative estimate of drug-likeness (QED) is 0.225. The van der Waals surface area contributed by atoms with Crippen LogP contribution in [-0.2, 0) is 0 Å². The summed E-state index contributed by atoms with van der Waals surface area (Å²) in [4.78, 5) is 24.2. The molecule has 5 rings (SSSR count). The Morgan fingerprint density at radius 1 is 0.417 bits per heavy atom. The molecule has 0 N–H and O–H groups in total. The zero-order chi connectivity index (χ0) is 24.9. The molecule has 0 heterocycles. The fraction of sp³-hybridized carbons (Fsp3) is 0.0303. The summed E-state index contributed by atoms with van der Waals surface area (Å²) in [6, 6.07) is 40.6. The van der Waals surface area contributed by atoms with Gasteiger partial charge >= 0.3 is 0 Å². The highest BCUT2D eigenvalue weighted by molar-refractivity contribution is 5.81. The Kier molecular flexibility index (Phi) is 6.55. The van der Waals surface area contributed by atoms with Gasteiger partial charge in [-0.3, -0.25) is 9.59 Å². The van der Waals surface area contributed by atoms with Gasteiger partial charge in [0.1, 0.15) is 12.6 Å². The molecule has 5 aromatic rings. The predicted molar refractivity (Wildman–Crippen MR) is 148 cm³/mol. The summed E-state index contributed by atoms with van der Waals surface area (Å²) in [5.74, 6) is 0. The Balaban J connectivity index is 1.49. The van der Waals surface area contributed by atoms with Crippen molar-refractivity contribution in [1.29, 1.82) is 0 Å². The third kappa shape index (κ3) is 4.86. The first-order valence-corrected chi connectivity index (χ1v) is 11.8. The fourth-order valence-corrected chi connectivity index (χ4v) is 4.26. The van der Waals surface area contributed by atoms with Crippen molar-refractivity contribution in [3.8, 4) is 22.3 Å². The maximum atomic E-state index is 11.0. The average Bonchev–Trinajstić information content (AvgIpc) is 2.95. The van der Waals surface area contributed by atoms with Crippen molar-refractivity contribution < 1.29 is 9.59 Å². The minimum atomic E-state index is 0.670. The van der Waals surface area contributed by atoms with E-state index in [-0.39, 0.29) is 0 Å². The molecule has 5 aromatic carbocycles. The van der Waals surface area contributed by atoms with Gasteiger partial charge in [0, 0.05) is 28.2 Å². The van der Waals surface area contributed by atoms with Gasteiger partial charge in [-0.05, 0) is 65.6 Å². The first kappa shape index (κ1) is 23.0. The lowest BCUT2D eigenvalue weighted by atomic mass is 10.0. The van der Waals surface area contributed by atoms with Gasteiger partial charge in [-0.1, -0.05) is 90.5 Å². The number of rotatable bonds is 7. The summed E-state index contributed by atoms with van der Waals surface area (Å²) < 4.78 is 0. The molecule has 0 aliphatic rings. The smallest absolute Gasteiger partial charge is 0.150 e. The highest BCUT2D eigenvalue weighted by Crippen LogP contribution is 2.36. The van der Waals surface area contributed by atoms with Crippen LogP contribution in [0.3, 0.4) is 0 Å². The Hall–Kier alpha value is -4.76. The predicted octanol–water partition coefficient (Wildman–Crippen LogP) is 8.42. The lowest BCUT2D eigenvalue weighted by Crippen LogP contribution is -2.09. The standard InChI is InChI=1S/C33H25NO2/c1-24-2-16-31(17-3-24)34(32-18-12-29(13-19-32)27-8-4-25(22-35)5-9-27)33-20-14-30(15-21-33)28-10-6-26(23-36)7-11-28/h2-23H,1H3. The summed E-state index contributed by atoms with van der Waals surface area (Å²) in [6.07, 6.45) is 1.72. The Morgan fingerprint density at radius 3 is 1.00 bits per heavy atom. The van der Waals surface area contributed by atoms with E-state index < -0.39 is 0 Å². The molecule has 0 aliphatic carbocycles. The Morgan fingerprint density at radius 2 is 0.694 bits per heavy atom. The molecule has 0 aromatic heterocycles. The second kappa shape index (κ2) is 10.2. The van der Waals surface area contributed by atoms with Crippen molar-refractivity contribution in [1.82, 2.24) is 0 Å². The van der Waals surface area contributed by atoms with E-state index in [2.05, 4.69) is 84.6 Å². The van der Waals surface area contributed by atoms with E-state index in [4.69, 9.17) is 0 Å². The molecule has 174 valence electrons. The summed E-state index contributed by atoms with van der Waals surface area (Å²) in [5, 5.41) is 0. The molecule has 0 aliphatic heterocycles. The van der Waals surface area contributed by atoms with Gasteiger partial charge in [0.05, 0.1) is 0 Å². The zero-order valence-corrected chi connectivity index (χ0v) is 20.0. The first-order valence-electron chi connectivity index (χ1n) is 11.8. The number of nitrogens with zero attached hydrogens (tertiary/aromatic N) is 1. The van der Waals surface area contributed by atoms with Gasteiger partial charge in [-0.2, -0.15) is 0 Å². The maximum Gasteiger partial charge on any atom is 0.150 e. The van der Waals surface area contributed by atoms with E-state index in [1.165, 1.54) is 5.56 Å². The normalized spacial score (nSPS) is 10.6. The van der Waals surface area contributed by atoms with E-state index in [0.717, 1.165) is 51.9 Å². The highest BCUT2D eigenvalue weighted by Gasteiger charge is 2.13. The molecule has 0 saturated carbocycles. The van der Waals surface area contributed by atoms with Crippen molar-refractivity contribution in [2.45, 2.75) is 6.92 Å². The molecular weight excluding hydrogens is 442 g/mol. The van der Waals surface area contributed by atoms with Crippen LogP contribution >= 0.6 is 0 Å².